The number of aromatic nitrogens is 1. The lowest BCUT2D eigenvalue weighted by molar-refractivity contribution is 0.0954. The molecule has 1 unspecified atom stereocenters. The second-order valence-corrected chi connectivity index (χ2v) is 12.4. The maximum Gasteiger partial charge on any atom is 0.251 e. The molecule has 5 rings (SSSR count). The number of allylic oxidation sites excluding steroid dienone is 5. The molecule has 1 aromatic heterocycles. The van der Waals surface area contributed by atoms with Crippen molar-refractivity contribution in [2.45, 2.75) is 40.2 Å². The molecule has 2 aliphatic rings. The van der Waals surface area contributed by atoms with E-state index in [2.05, 4.69) is 107 Å². The van der Waals surface area contributed by atoms with E-state index in [9.17, 15) is 4.79 Å². The summed E-state index contributed by atoms with van der Waals surface area (Å²) in [6.45, 7) is 15.8. The second kappa shape index (κ2) is 15.4. The molecule has 234 valence electrons. The minimum absolute atomic E-state index is 0.0471. The lowest BCUT2D eigenvalue weighted by Gasteiger charge is -2.32. The van der Waals surface area contributed by atoms with E-state index in [1.165, 1.54) is 53.9 Å². The molecule has 1 aliphatic heterocycles. The fourth-order valence-electron chi connectivity index (χ4n) is 6.17. The van der Waals surface area contributed by atoms with Gasteiger partial charge in [0.2, 0.25) is 0 Å². The Hall–Kier alpha value is -3.65. The van der Waals surface area contributed by atoms with Crippen LogP contribution in [-0.2, 0) is 6.54 Å². The highest BCUT2D eigenvalue weighted by atomic mass is 16.1. The van der Waals surface area contributed by atoms with E-state index in [0.29, 0.717) is 18.0 Å². The largest absolute Gasteiger partial charge is 0.356 e. The average molecular weight is 595 g/mol. The first-order valence-corrected chi connectivity index (χ1v) is 16.3. The van der Waals surface area contributed by atoms with E-state index < -0.39 is 0 Å². The van der Waals surface area contributed by atoms with Crippen molar-refractivity contribution in [2.24, 2.45) is 5.92 Å². The third kappa shape index (κ3) is 8.50. The molecule has 0 saturated carbocycles. The van der Waals surface area contributed by atoms with Gasteiger partial charge in [-0.05, 0) is 101 Å². The molecule has 1 aliphatic carbocycles. The van der Waals surface area contributed by atoms with Gasteiger partial charge in [0, 0.05) is 79.3 Å². The molecule has 7 nitrogen and oxygen atoms in total. The third-order valence-electron chi connectivity index (χ3n) is 9.02. The molecule has 3 aromatic rings. The fraction of sp³-hybridized carbons (Fsp3) is 0.432. The van der Waals surface area contributed by atoms with Crippen LogP contribution in [0.15, 0.2) is 78.4 Å². The van der Waals surface area contributed by atoms with Gasteiger partial charge in [0.05, 0.1) is 0 Å². The molecule has 1 atom stereocenters. The molecule has 0 radical (unpaired) electrons. The van der Waals surface area contributed by atoms with Crippen molar-refractivity contribution >= 4 is 28.2 Å². The lowest BCUT2D eigenvalue weighted by atomic mass is 10.1. The van der Waals surface area contributed by atoms with Gasteiger partial charge in [-0.25, -0.2) is 0 Å². The number of hydrogen-bond donors (Lipinski definition) is 3. The molecule has 1 saturated heterocycles. The minimum Gasteiger partial charge on any atom is -0.356 e. The van der Waals surface area contributed by atoms with Gasteiger partial charge in [-0.15, -0.1) is 0 Å². The van der Waals surface area contributed by atoms with Gasteiger partial charge in [0.1, 0.15) is 0 Å². The summed E-state index contributed by atoms with van der Waals surface area (Å²) in [5, 5.41) is 11.3. The van der Waals surface area contributed by atoms with Crippen molar-refractivity contribution in [1.82, 2.24) is 25.0 Å². The maximum atomic E-state index is 12.7. The van der Waals surface area contributed by atoms with E-state index in [1.54, 1.807) is 0 Å². The van der Waals surface area contributed by atoms with Crippen LogP contribution in [0, 0.1) is 19.8 Å². The number of amides is 1. The van der Waals surface area contributed by atoms with Gasteiger partial charge in [-0.1, -0.05) is 42.9 Å². The van der Waals surface area contributed by atoms with Crippen molar-refractivity contribution in [2.75, 3.05) is 64.7 Å². The van der Waals surface area contributed by atoms with Crippen molar-refractivity contribution in [3.05, 3.63) is 95.2 Å². The van der Waals surface area contributed by atoms with E-state index in [1.807, 2.05) is 24.3 Å². The standard InChI is InChI=1S/C37H50N6O/c1-28-8-5-6-9-31(26-28)16-17-38-18-19-39-37(44)32-10-12-33(13-11-32)40-34-14-15-36-35(27-34)29(2)30(3)43(36)21-7-20-42-24-22-41(4)23-25-42/h5-6,8-15,26-28,38,40H,7,16-25H2,1-4H3,(H,39,44). The highest BCUT2D eigenvalue weighted by molar-refractivity contribution is 5.94. The number of hydrogen-bond acceptors (Lipinski definition) is 5. The van der Waals surface area contributed by atoms with E-state index in [-0.39, 0.29) is 5.91 Å². The zero-order valence-electron chi connectivity index (χ0n) is 27.0. The Morgan fingerprint density at radius 1 is 0.909 bits per heavy atom. The number of carbonyl (C=O) groups excluding carboxylic acids is 1. The van der Waals surface area contributed by atoms with E-state index in [0.717, 1.165) is 50.4 Å². The highest BCUT2D eigenvalue weighted by Crippen LogP contribution is 2.29. The van der Waals surface area contributed by atoms with Gasteiger partial charge >= 0.3 is 0 Å². The Kier molecular flexibility index (Phi) is 11.1. The quantitative estimate of drug-likeness (QED) is 0.211. The highest BCUT2D eigenvalue weighted by Gasteiger charge is 2.15. The van der Waals surface area contributed by atoms with Crippen LogP contribution < -0.4 is 16.0 Å². The van der Waals surface area contributed by atoms with Crippen LogP contribution in [0.5, 0.6) is 0 Å². The van der Waals surface area contributed by atoms with Crippen molar-refractivity contribution in [3.63, 3.8) is 0 Å². The van der Waals surface area contributed by atoms with Gasteiger partial charge in [-0.2, -0.15) is 0 Å². The molecule has 7 heteroatoms. The summed E-state index contributed by atoms with van der Waals surface area (Å²) in [6, 6.07) is 14.4. The zero-order chi connectivity index (χ0) is 30.9. The number of fused-ring (bicyclic) bond motifs is 1. The Morgan fingerprint density at radius 2 is 1.68 bits per heavy atom. The predicted molar refractivity (Wildman–Crippen MR) is 185 cm³/mol. The third-order valence-corrected chi connectivity index (χ3v) is 9.02. The van der Waals surface area contributed by atoms with Crippen molar-refractivity contribution in [1.29, 1.82) is 0 Å². The summed E-state index contributed by atoms with van der Waals surface area (Å²) in [6.07, 6.45) is 13.0. The first-order valence-electron chi connectivity index (χ1n) is 16.3. The monoisotopic (exact) mass is 594 g/mol. The number of nitrogens with zero attached hydrogens (tertiary/aromatic N) is 3. The molecule has 2 heterocycles. The Labute approximate surface area is 263 Å². The van der Waals surface area contributed by atoms with E-state index in [4.69, 9.17) is 0 Å². The predicted octanol–water partition coefficient (Wildman–Crippen LogP) is 6.04. The summed E-state index contributed by atoms with van der Waals surface area (Å²) in [4.78, 5) is 17.7. The number of aryl methyl sites for hydroxylation is 2. The summed E-state index contributed by atoms with van der Waals surface area (Å²) >= 11 is 0. The number of anilines is 2. The van der Waals surface area contributed by atoms with Crippen LogP contribution in [0.1, 0.15) is 41.4 Å². The number of piperazine rings is 1. The first kappa shape index (κ1) is 31.8. The van der Waals surface area contributed by atoms with Crippen LogP contribution in [-0.4, -0.2) is 79.7 Å². The molecule has 0 spiro atoms. The Morgan fingerprint density at radius 3 is 2.48 bits per heavy atom. The molecule has 1 fully saturated rings. The molecular formula is C37H50N6O. The molecular weight excluding hydrogens is 544 g/mol. The van der Waals surface area contributed by atoms with Gasteiger partial charge in [0.25, 0.3) is 5.91 Å². The SMILES string of the molecule is Cc1c(C)n(CCCN2CCN(C)CC2)c2ccc(Nc3ccc(C(=O)NCCNCCC4=CC(C)C=CC=C4)cc3)cc12. The molecule has 44 heavy (non-hydrogen) atoms. The maximum absolute atomic E-state index is 12.7. The fourth-order valence-corrected chi connectivity index (χ4v) is 6.17. The number of benzene rings is 2. The Balaban J connectivity index is 1.08. The lowest BCUT2D eigenvalue weighted by Crippen LogP contribution is -2.44. The average Bonchev–Trinajstić information content (AvgIpc) is 3.14. The van der Waals surface area contributed by atoms with Gasteiger partial charge in [0.15, 0.2) is 0 Å². The summed E-state index contributed by atoms with van der Waals surface area (Å²) in [5.74, 6) is 0.423. The van der Waals surface area contributed by atoms with Crippen LogP contribution >= 0.6 is 0 Å². The molecule has 3 N–H and O–H groups in total. The number of carbonyl (C=O) groups is 1. The zero-order valence-corrected chi connectivity index (χ0v) is 27.0. The van der Waals surface area contributed by atoms with Gasteiger partial charge < -0.3 is 30.3 Å². The topological polar surface area (TPSA) is 64.6 Å². The molecule has 0 bridgehead atoms. The summed E-state index contributed by atoms with van der Waals surface area (Å²) < 4.78 is 2.48. The molecule has 1 amide bonds. The number of likely N-dealkylation sites (N-methyl/N-ethyl adjacent to an activating group) is 1. The van der Waals surface area contributed by atoms with E-state index >= 15 is 0 Å². The van der Waals surface area contributed by atoms with Gasteiger partial charge in [-0.3, -0.25) is 4.79 Å². The summed E-state index contributed by atoms with van der Waals surface area (Å²) in [5.41, 5.74) is 8.03. The second-order valence-electron chi connectivity index (χ2n) is 12.4. The summed E-state index contributed by atoms with van der Waals surface area (Å²) in [7, 11) is 2.21. The smallest absolute Gasteiger partial charge is 0.251 e. The number of rotatable bonds is 13. The minimum atomic E-state index is -0.0471. The van der Waals surface area contributed by atoms with Crippen LogP contribution in [0.3, 0.4) is 0 Å². The Bertz CT molecular complexity index is 1490. The number of nitrogens with one attached hydrogen (secondary N) is 3. The van der Waals surface area contributed by atoms with Crippen LogP contribution in [0.4, 0.5) is 11.4 Å². The first-order chi connectivity index (χ1) is 21.4. The molecule has 2 aromatic carbocycles. The van der Waals surface area contributed by atoms with Crippen LogP contribution in [0.25, 0.3) is 10.9 Å². The van der Waals surface area contributed by atoms with Crippen molar-refractivity contribution < 1.29 is 4.79 Å². The van der Waals surface area contributed by atoms with Crippen LogP contribution in [0.2, 0.25) is 0 Å². The van der Waals surface area contributed by atoms with Crippen molar-refractivity contribution in [3.8, 4) is 0 Å². The normalized spacial score (nSPS) is 17.5.